The Hall–Kier alpha value is -3.23. The Balaban J connectivity index is 1.94. The third kappa shape index (κ3) is 5.77. The zero-order valence-corrected chi connectivity index (χ0v) is 20.0. The smallest absolute Gasteiger partial charge is 0.317 e. The minimum absolute atomic E-state index is 0.0273. The molecule has 178 valence electrons. The number of anilines is 1. The lowest BCUT2D eigenvalue weighted by Gasteiger charge is -2.36. The van der Waals surface area contributed by atoms with E-state index < -0.39 is 0 Å². The van der Waals surface area contributed by atoms with Gasteiger partial charge < -0.3 is 15.1 Å². The summed E-state index contributed by atoms with van der Waals surface area (Å²) in [6.45, 7) is 11.6. The summed E-state index contributed by atoms with van der Waals surface area (Å²) in [7, 11) is 0. The summed E-state index contributed by atoms with van der Waals surface area (Å²) in [6, 6.07) is 6.66. The van der Waals surface area contributed by atoms with Crippen molar-refractivity contribution >= 4 is 17.5 Å². The highest BCUT2D eigenvalue weighted by atomic mass is 16.6. The number of non-ortho nitro benzene ring substituents is 1. The Morgan fingerprint density at radius 3 is 2.33 bits per heavy atom. The average Bonchev–Trinajstić information content (AvgIpc) is 2.84. The molecule has 2 heterocycles. The molecule has 9 heteroatoms. The molecule has 0 bridgehead atoms. The van der Waals surface area contributed by atoms with Crippen LogP contribution in [0, 0.1) is 10.1 Å². The lowest BCUT2D eigenvalue weighted by Crippen LogP contribution is -2.52. The highest BCUT2D eigenvalue weighted by Crippen LogP contribution is 2.29. The highest BCUT2D eigenvalue weighted by molar-refractivity contribution is 5.74. The molecule has 1 saturated heterocycles. The number of nitro benzene ring substituents is 1. The predicted octanol–water partition coefficient (Wildman–Crippen LogP) is 3.90. The number of nitrogens with zero attached hydrogens (tertiary/aromatic N) is 5. The number of urea groups is 1. The highest BCUT2D eigenvalue weighted by Gasteiger charge is 2.26. The fraction of sp³-hybridized carbons (Fsp3) is 0.542. The molecule has 1 N–H and O–H groups in total. The van der Waals surface area contributed by atoms with Gasteiger partial charge in [0.25, 0.3) is 5.69 Å². The summed E-state index contributed by atoms with van der Waals surface area (Å²) < 4.78 is 0. The maximum atomic E-state index is 12.2. The second kappa shape index (κ2) is 11.1. The number of carbonyl (C=O) groups excluding carboxylic acids is 1. The molecule has 2 aromatic rings. The van der Waals surface area contributed by atoms with E-state index in [1.165, 1.54) is 0 Å². The van der Waals surface area contributed by atoms with Crippen LogP contribution in [0.2, 0.25) is 0 Å². The molecule has 1 aliphatic rings. The lowest BCUT2D eigenvalue weighted by molar-refractivity contribution is -0.384. The number of rotatable bonds is 8. The summed E-state index contributed by atoms with van der Waals surface area (Å²) >= 11 is 0. The molecule has 1 unspecified atom stereocenters. The first kappa shape index (κ1) is 24.4. The zero-order valence-electron chi connectivity index (χ0n) is 20.0. The van der Waals surface area contributed by atoms with Crippen LogP contribution in [0.25, 0.3) is 0 Å². The molecule has 1 fully saturated rings. The van der Waals surface area contributed by atoms with Crippen molar-refractivity contribution in [3.63, 3.8) is 0 Å². The molecule has 1 aromatic heterocycles. The van der Waals surface area contributed by atoms with Crippen LogP contribution in [-0.2, 0) is 12.8 Å². The van der Waals surface area contributed by atoms with Gasteiger partial charge in [0.05, 0.1) is 4.92 Å². The minimum Gasteiger partial charge on any atom is -0.353 e. The number of carbonyl (C=O) groups is 1. The van der Waals surface area contributed by atoms with Gasteiger partial charge in [0, 0.05) is 68.5 Å². The summed E-state index contributed by atoms with van der Waals surface area (Å²) in [6.07, 6.45) is 2.34. The monoisotopic (exact) mass is 454 g/mol. The first-order chi connectivity index (χ1) is 15.9. The van der Waals surface area contributed by atoms with Gasteiger partial charge in [-0.1, -0.05) is 32.9 Å². The van der Waals surface area contributed by atoms with Gasteiger partial charge in [-0.05, 0) is 25.3 Å². The Morgan fingerprint density at radius 1 is 1.12 bits per heavy atom. The zero-order chi connectivity index (χ0) is 24.0. The van der Waals surface area contributed by atoms with Crippen molar-refractivity contribution in [1.29, 1.82) is 0 Å². The fourth-order valence-electron chi connectivity index (χ4n) is 4.00. The van der Waals surface area contributed by atoms with E-state index in [1.54, 1.807) is 24.3 Å². The number of nitro groups is 1. The number of amides is 2. The van der Waals surface area contributed by atoms with E-state index in [-0.39, 0.29) is 22.6 Å². The first-order valence-corrected chi connectivity index (χ1v) is 11.8. The second-order valence-corrected chi connectivity index (χ2v) is 8.40. The molecule has 0 aliphatic carbocycles. The van der Waals surface area contributed by atoms with Crippen LogP contribution >= 0.6 is 0 Å². The van der Waals surface area contributed by atoms with Gasteiger partial charge in [-0.25, -0.2) is 14.8 Å². The van der Waals surface area contributed by atoms with Crippen molar-refractivity contribution in [3.8, 4) is 0 Å². The molecular formula is C24H34N6O3. The minimum atomic E-state index is -0.384. The van der Waals surface area contributed by atoms with Crippen LogP contribution in [0.5, 0.6) is 0 Å². The molecule has 1 aromatic carbocycles. The number of nitrogens with one attached hydrogen (secondary N) is 1. The molecule has 0 saturated carbocycles. The molecular weight excluding hydrogens is 420 g/mol. The van der Waals surface area contributed by atoms with Gasteiger partial charge in [0.2, 0.25) is 0 Å². The van der Waals surface area contributed by atoms with Gasteiger partial charge in [-0.2, -0.15) is 0 Å². The maximum absolute atomic E-state index is 12.2. The van der Waals surface area contributed by atoms with Crippen LogP contribution < -0.4 is 10.2 Å². The van der Waals surface area contributed by atoms with E-state index in [9.17, 15) is 14.9 Å². The van der Waals surface area contributed by atoms with Gasteiger partial charge >= 0.3 is 6.03 Å². The van der Waals surface area contributed by atoms with Crippen LogP contribution in [-0.4, -0.2) is 58.5 Å². The summed E-state index contributed by atoms with van der Waals surface area (Å²) in [5, 5.41) is 13.9. The molecule has 33 heavy (non-hydrogen) atoms. The third-order valence-corrected chi connectivity index (χ3v) is 6.20. The van der Waals surface area contributed by atoms with Crippen LogP contribution in [0.1, 0.15) is 62.7 Å². The number of benzene rings is 1. The topological polar surface area (TPSA) is 104 Å². The molecule has 1 aliphatic heterocycles. The molecule has 0 spiro atoms. The quantitative estimate of drug-likeness (QED) is 0.479. The molecule has 1 atom stereocenters. The predicted molar refractivity (Wildman–Crippen MR) is 129 cm³/mol. The van der Waals surface area contributed by atoms with Crippen molar-refractivity contribution in [2.45, 2.75) is 52.9 Å². The number of piperazine rings is 1. The molecule has 2 amide bonds. The van der Waals surface area contributed by atoms with Gasteiger partial charge in [-0.15, -0.1) is 0 Å². The van der Waals surface area contributed by atoms with E-state index in [4.69, 9.17) is 9.97 Å². The van der Waals surface area contributed by atoms with Gasteiger partial charge in [0.15, 0.2) is 0 Å². The third-order valence-electron chi connectivity index (χ3n) is 6.20. The van der Waals surface area contributed by atoms with Crippen LogP contribution in [0.3, 0.4) is 0 Å². The second-order valence-electron chi connectivity index (χ2n) is 8.40. The molecule has 0 radical (unpaired) electrons. The van der Waals surface area contributed by atoms with E-state index >= 15 is 0 Å². The summed E-state index contributed by atoms with van der Waals surface area (Å²) in [5.41, 5.74) is 3.14. The number of aryl methyl sites for hydroxylation is 1. The largest absolute Gasteiger partial charge is 0.353 e. The molecule has 3 rings (SSSR count). The number of hydrogen-bond acceptors (Lipinski definition) is 6. The Bertz CT molecular complexity index is 971. The van der Waals surface area contributed by atoms with Crippen LogP contribution in [0.4, 0.5) is 16.3 Å². The maximum Gasteiger partial charge on any atom is 0.317 e. The van der Waals surface area contributed by atoms with Crippen molar-refractivity contribution in [2.24, 2.45) is 0 Å². The summed E-state index contributed by atoms with van der Waals surface area (Å²) in [5.74, 6) is 2.02. The van der Waals surface area contributed by atoms with E-state index in [2.05, 4.69) is 31.0 Å². The van der Waals surface area contributed by atoms with E-state index in [0.29, 0.717) is 39.1 Å². The van der Waals surface area contributed by atoms with Gasteiger partial charge in [0.1, 0.15) is 11.6 Å². The standard InChI is InChI=1S/C24H34N6O3/c1-5-17(4)22-26-21(6-2)20(16-18-8-10-19(11-9-18)30(32)33)23(27-22)28-12-14-29(15-13-28)24(31)25-7-3/h8-11,17H,5-7,12-16H2,1-4H3,(H,25,31). The van der Waals surface area contributed by atoms with Gasteiger partial charge in [-0.3, -0.25) is 10.1 Å². The Kier molecular flexibility index (Phi) is 8.19. The van der Waals surface area contributed by atoms with Crippen molar-refractivity contribution in [1.82, 2.24) is 20.2 Å². The normalized spacial score (nSPS) is 14.8. The lowest BCUT2D eigenvalue weighted by atomic mass is 10.00. The fourth-order valence-corrected chi connectivity index (χ4v) is 4.00. The van der Waals surface area contributed by atoms with Crippen molar-refractivity contribution < 1.29 is 9.72 Å². The number of aromatic nitrogens is 2. The van der Waals surface area contributed by atoms with Crippen LogP contribution in [0.15, 0.2) is 24.3 Å². The SMILES string of the molecule is CCNC(=O)N1CCN(c2nc(C(C)CC)nc(CC)c2Cc2ccc([N+](=O)[O-])cc2)CC1. The summed E-state index contributed by atoms with van der Waals surface area (Å²) in [4.78, 5) is 36.9. The van der Waals surface area contributed by atoms with Crippen molar-refractivity contribution in [3.05, 3.63) is 57.0 Å². The van der Waals surface area contributed by atoms with Crippen molar-refractivity contribution in [2.75, 3.05) is 37.6 Å². The Labute approximate surface area is 195 Å². The van der Waals surface area contributed by atoms with E-state index in [1.807, 2.05) is 11.8 Å². The van der Waals surface area contributed by atoms with E-state index in [0.717, 1.165) is 41.3 Å². The molecule has 9 nitrogen and oxygen atoms in total. The Morgan fingerprint density at radius 2 is 1.79 bits per heavy atom. The average molecular weight is 455 g/mol. The first-order valence-electron chi connectivity index (χ1n) is 11.8. The number of hydrogen-bond donors (Lipinski definition) is 1.